The summed E-state index contributed by atoms with van der Waals surface area (Å²) in [6.07, 6.45) is 4.02. The second-order valence-corrected chi connectivity index (χ2v) is 6.05. The van der Waals surface area contributed by atoms with E-state index in [-0.39, 0.29) is 42.0 Å². The van der Waals surface area contributed by atoms with Gasteiger partial charge in [0.1, 0.15) is 5.82 Å². The molecule has 2 unspecified atom stereocenters. The first-order valence-corrected chi connectivity index (χ1v) is 7.45. The van der Waals surface area contributed by atoms with E-state index in [1.807, 2.05) is 6.07 Å². The van der Waals surface area contributed by atoms with Crippen molar-refractivity contribution < 1.29 is 9.18 Å². The molecule has 2 aliphatic rings. The SMILES string of the molecule is Cl.NC[C@H]1CCC[C@H]1C(=O)NC1CC1c1cccc(F)c1. The lowest BCUT2D eigenvalue weighted by molar-refractivity contribution is -0.126. The zero-order valence-electron chi connectivity index (χ0n) is 11.9. The molecular formula is C16H22ClFN2O. The predicted octanol–water partition coefficient (Wildman–Crippen LogP) is 2.59. The molecule has 0 aromatic heterocycles. The Kier molecular flexibility index (Phi) is 5.22. The third-order valence-corrected chi connectivity index (χ3v) is 4.69. The quantitative estimate of drug-likeness (QED) is 0.898. The molecule has 3 rings (SSSR count). The topological polar surface area (TPSA) is 55.1 Å². The second-order valence-electron chi connectivity index (χ2n) is 6.05. The first kappa shape index (κ1) is 16.2. The van der Waals surface area contributed by atoms with Gasteiger partial charge >= 0.3 is 0 Å². The molecule has 5 heteroatoms. The fraction of sp³-hybridized carbons (Fsp3) is 0.562. The van der Waals surface area contributed by atoms with Gasteiger partial charge in [0, 0.05) is 17.9 Å². The number of benzene rings is 1. The fourth-order valence-electron chi connectivity index (χ4n) is 3.41. The van der Waals surface area contributed by atoms with Crippen LogP contribution in [0.2, 0.25) is 0 Å². The minimum Gasteiger partial charge on any atom is -0.352 e. The molecular weight excluding hydrogens is 291 g/mol. The lowest BCUT2D eigenvalue weighted by Crippen LogP contribution is -2.36. The maximum Gasteiger partial charge on any atom is 0.223 e. The summed E-state index contributed by atoms with van der Waals surface area (Å²) in [5.74, 6) is 0.614. The Morgan fingerprint density at radius 3 is 2.90 bits per heavy atom. The minimum atomic E-state index is -0.210. The van der Waals surface area contributed by atoms with Crippen molar-refractivity contribution in [3.8, 4) is 0 Å². The third-order valence-electron chi connectivity index (χ3n) is 4.69. The highest BCUT2D eigenvalue weighted by Crippen LogP contribution is 2.41. The van der Waals surface area contributed by atoms with E-state index in [1.54, 1.807) is 12.1 Å². The van der Waals surface area contributed by atoms with Crippen LogP contribution in [0, 0.1) is 17.7 Å². The van der Waals surface area contributed by atoms with Gasteiger partial charge in [-0.3, -0.25) is 4.79 Å². The van der Waals surface area contributed by atoms with Crippen LogP contribution in [-0.4, -0.2) is 18.5 Å². The largest absolute Gasteiger partial charge is 0.352 e. The van der Waals surface area contributed by atoms with Gasteiger partial charge in [0.05, 0.1) is 0 Å². The van der Waals surface area contributed by atoms with E-state index in [4.69, 9.17) is 5.73 Å². The summed E-state index contributed by atoms with van der Waals surface area (Å²) in [7, 11) is 0. The van der Waals surface area contributed by atoms with Gasteiger partial charge < -0.3 is 11.1 Å². The predicted molar refractivity (Wildman–Crippen MR) is 82.8 cm³/mol. The van der Waals surface area contributed by atoms with Crippen molar-refractivity contribution in [2.24, 2.45) is 17.6 Å². The third kappa shape index (κ3) is 3.55. The number of hydrogen-bond donors (Lipinski definition) is 2. The number of nitrogens with two attached hydrogens (primary N) is 1. The minimum absolute atomic E-state index is 0. The Hall–Kier alpha value is -1.13. The Morgan fingerprint density at radius 1 is 1.38 bits per heavy atom. The number of amides is 1. The van der Waals surface area contributed by atoms with E-state index in [1.165, 1.54) is 6.07 Å². The van der Waals surface area contributed by atoms with E-state index in [0.29, 0.717) is 12.5 Å². The van der Waals surface area contributed by atoms with E-state index in [2.05, 4.69) is 5.32 Å². The van der Waals surface area contributed by atoms with Crippen LogP contribution in [0.4, 0.5) is 4.39 Å². The van der Waals surface area contributed by atoms with Crippen LogP contribution in [0.25, 0.3) is 0 Å². The maximum atomic E-state index is 13.2. The Balaban J connectivity index is 0.00000161. The standard InChI is InChI=1S/C16H21FN2O.ClH/c17-12-5-1-3-10(7-12)14-8-15(14)19-16(20)13-6-2-4-11(13)9-18;/h1,3,5,7,11,13-15H,2,4,6,8-9,18H2,(H,19,20);1H/t11-,13-,14?,15?;/m1./s1. The molecule has 0 heterocycles. The van der Waals surface area contributed by atoms with Crippen LogP contribution >= 0.6 is 12.4 Å². The molecule has 0 aliphatic heterocycles. The zero-order valence-corrected chi connectivity index (χ0v) is 12.7. The number of rotatable bonds is 4. The van der Waals surface area contributed by atoms with Crippen molar-refractivity contribution in [3.63, 3.8) is 0 Å². The molecule has 4 atom stereocenters. The molecule has 1 aromatic carbocycles. The summed E-state index contributed by atoms with van der Waals surface area (Å²) in [5, 5.41) is 3.11. The van der Waals surface area contributed by atoms with Crippen LogP contribution < -0.4 is 11.1 Å². The van der Waals surface area contributed by atoms with Crippen LogP contribution in [0.15, 0.2) is 24.3 Å². The summed E-state index contributed by atoms with van der Waals surface area (Å²) < 4.78 is 13.2. The fourth-order valence-corrected chi connectivity index (χ4v) is 3.41. The van der Waals surface area contributed by atoms with Crippen molar-refractivity contribution in [2.45, 2.75) is 37.6 Å². The van der Waals surface area contributed by atoms with Crippen molar-refractivity contribution in [3.05, 3.63) is 35.6 Å². The average molecular weight is 313 g/mol. The van der Waals surface area contributed by atoms with Gasteiger partial charge in [0.2, 0.25) is 5.91 Å². The first-order chi connectivity index (χ1) is 9.69. The number of hydrogen-bond acceptors (Lipinski definition) is 2. The number of halogens is 2. The van der Waals surface area contributed by atoms with Gasteiger partial charge in [0.25, 0.3) is 0 Å². The molecule has 2 aliphatic carbocycles. The average Bonchev–Trinajstić information content (AvgIpc) is 3.02. The molecule has 1 aromatic rings. The molecule has 0 bridgehead atoms. The second kappa shape index (κ2) is 6.75. The van der Waals surface area contributed by atoms with Gasteiger partial charge in [-0.1, -0.05) is 18.6 Å². The monoisotopic (exact) mass is 312 g/mol. The van der Waals surface area contributed by atoms with Gasteiger partial charge in [-0.2, -0.15) is 0 Å². The van der Waals surface area contributed by atoms with Crippen molar-refractivity contribution >= 4 is 18.3 Å². The lowest BCUT2D eigenvalue weighted by Gasteiger charge is -2.17. The molecule has 0 saturated heterocycles. The van der Waals surface area contributed by atoms with Crippen LogP contribution in [0.1, 0.15) is 37.2 Å². The van der Waals surface area contributed by atoms with Crippen molar-refractivity contribution in [2.75, 3.05) is 6.54 Å². The summed E-state index contributed by atoms with van der Waals surface area (Å²) >= 11 is 0. The molecule has 21 heavy (non-hydrogen) atoms. The molecule has 2 saturated carbocycles. The Labute approximate surface area is 130 Å². The molecule has 2 fully saturated rings. The van der Waals surface area contributed by atoms with Crippen molar-refractivity contribution in [1.29, 1.82) is 0 Å². The molecule has 116 valence electrons. The van der Waals surface area contributed by atoms with Crippen LogP contribution in [-0.2, 0) is 4.79 Å². The van der Waals surface area contributed by atoms with E-state index < -0.39 is 0 Å². The number of carbonyl (C=O) groups excluding carboxylic acids is 1. The Bertz CT molecular complexity index is 511. The van der Waals surface area contributed by atoms with E-state index in [0.717, 1.165) is 31.2 Å². The highest BCUT2D eigenvalue weighted by Gasteiger charge is 2.42. The lowest BCUT2D eigenvalue weighted by atomic mass is 9.95. The molecule has 0 radical (unpaired) electrons. The summed E-state index contributed by atoms with van der Waals surface area (Å²) in [6, 6.07) is 6.84. The molecule has 3 nitrogen and oxygen atoms in total. The highest BCUT2D eigenvalue weighted by molar-refractivity contribution is 5.85. The van der Waals surface area contributed by atoms with Crippen LogP contribution in [0.3, 0.4) is 0 Å². The first-order valence-electron chi connectivity index (χ1n) is 7.45. The summed E-state index contributed by atoms with van der Waals surface area (Å²) in [6.45, 7) is 0.593. The molecule has 1 amide bonds. The van der Waals surface area contributed by atoms with Crippen LogP contribution in [0.5, 0.6) is 0 Å². The highest BCUT2D eigenvalue weighted by atomic mass is 35.5. The zero-order chi connectivity index (χ0) is 14.1. The van der Waals surface area contributed by atoms with Gasteiger partial charge in [-0.05, 0) is 49.4 Å². The maximum absolute atomic E-state index is 13.2. The van der Waals surface area contributed by atoms with Crippen molar-refractivity contribution in [1.82, 2.24) is 5.32 Å². The summed E-state index contributed by atoms with van der Waals surface area (Å²) in [5.41, 5.74) is 6.71. The van der Waals surface area contributed by atoms with E-state index in [9.17, 15) is 9.18 Å². The van der Waals surface area contributed by atoms with Gasteiger partial charge in [0.15, 0.2) is 0 Å². The smallest absolute Gasteiger partial charge is 0.223 e. The van der Waals surface area contributed by atoms with E-state index >= 15 is 0 Å². The summed E-state index contributed by atoms with van der Waals surface area (Å²) in [4.78, 5) is 12.3. The van der Waals surface area contributed by atoms with Gasteiger partial charge in [-0.25, -0.2) is 4.39 Å². The normalized spacial score (nSPS) is 30.6. The molecule has 0 spiro atoms. The molecule has 3 N–H and O–H groups in total. The number of nitrogens with one attached hydrogen (secondary N) is 1. The number of carbonyl (C=O) groups is 1. The van der Waals surface area contributed by atoms with Gasteiger partial charge in [-0.15, -0.1) is 12.4 Å². The Morgan fingerprint density at radius 2 is 2.19 bits per heavy atom.